The Morgan fingerprint density at radius 1 is 1.12 bits per heavy atom. The van der Waals surface area contributed by atoms with Gasteiger partial charge in [-0.05, 0) is 24.6 Å². The normalized spacial score (nSPS) is 11.5. The molecule has 2 rings (SSSR count). The second kappa shape index (κ2) is 7.55. The number of anilines is 1. The molecule has 0 spiro atoms. The minimum atomic E-state index is -3.67. The molecule has 5 nitrogen and oxygen atoms in total. The number of carbonyl (C=O) groups is 1. The Hall–Kier alpha value is -2.25. The average molecular weight is 350 g/mol. The molecule has 0 aromatic heterocycles. The number of aryl methyl sites for hydroxylation is 1. The van der Waals surface area contributed by atoms with E-state index >= 15 is 0 Å². The number of amides is 1. The molecule has 1 amide bonds. The van der Waals surface area contributed by atoms with Crippen molar-refractivity contribution in [2.24, 2.45) is 0 Å². The molecule has 0 saturated heterocycles. The summed E-state index contributed by atoms with van der Waals surface area (Å²) < 4.78 is 38.5. The standard InChI is InChI=1S/C17H19FN2O3S/c1-13-7-3-6-10-16(13)19-17(21)12-20(24(2,22)23)11-14-8-4-5-9-15(14)18/h3-10H,11-12H2,1-2H3,(H,19,21). The van der Waals surface area contributed by atoms with E-state index in [4.69, 9.17) is 0 Å². The lowest BCUT2D eigenvalue weighted by Gasteiger charge is -2.20. The lowest BCUT2D eigenvalue weighted by atomic mass is 10.2. The third-order valence-electron chi connectivity index (χ3n) is 3.51. The van der Waals surface area contributed by atoms with Gasteiger partial charge in [-0.2, -0.15) is 4.31 Å². The zero-order chi connectivity index (χ0) is 17.7. The monoisotopic (exact) mass is 350 g/mol. The van der Waals surface area contributed by atoms with E-state index in [1.54, 1.807) is 18.2 Å². The van der Waals surface area contributed by atoms with Crippen molar-refractivity contribution >= 4 is 21.6 Å². The van der Waals surface area contributed by atoms with E-state index in [1.807, 2.05) is 19.1 Å². The van der Waals surface area contributed by atoms with Gasteiger partial charge in [0.25, 0.3) is 0 Å². The van der Waals surface area contributed by atoms with E-state index in [9.17, 15) is 17.6 Å². The summed E-state index contributed by atoms with van der Waals surface area (Å²) in [6, 6.07) is 13.1. The summed E-state index contributed by atoms with van der Waals surface area (Å²) in [5, 5.41) is 2.67. The molecular formula is C17H19FN2O3S. The Morgan fingerprint density at radius 3 is 2.38 bits per heavy atom. The molecule has 0 saturated carbocycles. The summed E-state index contributed by atoms with van der Waals surface area (Å²) in [7, 11) is -3.67. The SMILES string of the molecule is Cc1ccccc1NC(=O)CN(Cc1ccccc1F)S(C)(=O)=O. The molecule has 0 heterocycles. The van der Waals surface area contributed by atoms with Crippen molar-refractivity contribution < 1.29 is 17.6 Å². The molecule has 0 aliphatic heterocycles. The maximum Gasteiger partial charge on any atom is 0.239 e. The fraction of sp³-hybridized carbons (Fsp3) is 0.235. The maximum atomic E-state index is 13.8. The van der Waals surface area contributed by atoms with Crippen molar-refractivity contribution in [2.45, 2.75) is 13.5 Å². The first-order valence-corrected chi connectivity index (χ1v) is 9.16. The Labute approximate surface area is 141 Å². The van der Waals surface area contributed by atoms with Gasteiger partial charge in [-0.1, -0.05) is 36.4 Å². The smallest absolute Gasteiger partial charge is 0.239 e. The Kier molecular flexibility index (Phi) is 5.69. The Balaban J connectivity index is 2.14. The highest BCUT2D eigenvalue weighted by molar-refractivity contribution is 7.88. The highest BCUT2D eigenvalue weighted by Gasteiger charge is 2.22. The van der Waals surface area contributed by atoms with Crippen LogP contribution in [0.3, 0.4) is 0 Å². The van der Waals surface area contributed by atoms with Gasteiger partial charge in [0.15, 0.2) is 0 Å². The van der Waals surface area contributed by atoms with Crippen LogP contribution < -0.4 is 5.32 Å². The zero-order valence-electron chi connectivity index (χ0n) is 13.5. The molecule has 0 bridgehead atoms. The van der Waals surface area contributed by atoms with Gasteiger partial charge >= 0.3 is 0 Å². The van der Waals surface area contributed by atoms with Crippen LogP contribution in [0.1, 0.15) is 11.1 Å². The van der Waals surface area contributed by atoms with E-state index < -0.39 is 21.7 Å². The first-order valence-electron chi connectivity index (χ1n) is 7.31. The molecule has 7 heteroatoms. The molecular weight excluding hydrogens is 331 g/mol. The summed E-state index contributed by atoms with van der Waals surface area (Å²) in [5.74, 6) is -0.989. The Bertz CT molecular complexity index is 837. The number of halogens is 1. The number of nitrogens with one attached hydrogen (secondary N) is 1. The number of carbonyl (C=O) groups excluding carboxylic acids is 1. The number of hydrogen-bond acceptors (Lipinski definition) is 3. The highest BCUT2D eigenvalue weighted by Crippen LogP contribution is 2.15. The second-order valence-corrected chi connectivity index (χ2v) is 7.47. The van der Waals surface area contributed by atoms with Gasteiger partial charge in [0, 0.05) is 17.8 Å². The van der Waals surface area contributed by atoms with Gasteiger partial charge in [0.05, 0.1) is 12.8 Å². The van der Waals surface area contributed by atoms with Crippen LogP contribution in [0.15, 0.2) is 48.5 Å². The molecule has 0 unspecified atom stereocenters. The predicted molar refractivity (Wildman–Crippen MR) is 91.5 cm³/mol. The molecule has 0 radical (unpaired) electrons. The minimum absolute atomic E-state index is 0.202. The minimum Gasteiger partial charge on any atom is -0.325 e. The van der Waals surface area contributed by atoms with E-state index in [2.05, 4.69) is 5.32 Å². The summed E-state index contributed by atoms with van der Waals surface area (Å²) >= 11 is 0. The van der Waals surface area contributed by atoms with E-state index in [1.165, 1.54) is 18.2 Å². The van der Waals surface area contributed by atoms with Gasteiger partial charge in [-0.25, -0.2) is 12.8 Å². The lowest BCUT2D eigenvalue weighted by molar-refractivity contribution is -0.116. The van der Waals surface area contributed by atoms with E-state index in [0.717, 1.165) is 16.1 Å². The number of hydrogen-bond donors (Lipinski definition) is 1. The average Bonchev–Trinajstić information content (AvgIpc) is 2.50. The largest absolute Gasteiger partial charge is 0.325 e. The molecule has 1 N–H and O–H groups in total. The number of rotatable bonds is 6. The molecule has 2 aromatic carbocycles. The van der Waals surface area contributed by atoms with Crippen molar-refractivity contribution in [1.29, 1.82) is 0 Å². The van der Waals surface area contributed by atoms with Crippen molar-refractivity contribution in [3.8, 4) is 0 Å². The first-order chi connectivity index (χ1) is 11.3. The van der Waals surface area contributed by atoms with Crippen molar-refractivity contribution in [2.75, 3.05) is 18.1 Å². The summed E-state index contributed by atoms with van der Waals surface area (Å²) in [6.07, 6.45) is 0.995. The van der Waals surface area contributed by atoms with Crippen LogP contribution in [0, 0.1) is 12.7 Å². The fourth-order valence-corrected chi connectivity index (χ4v) is 2.90. The Morgan fingerprint density at radius 2 is 1.75 bits per heavy atom. The predicted octanol–water partition coefficient (Wildman–Crippen LogP) is 2.53. The molecule has 2 aromatic rings. The summed E-state index contributed by atoms with van der Waals surface area (Å²) in [5.41, 5.74) is 1.69. The van der Waals surface area contributed by atoms with E-state index in [0.29, 0.717) is 5.69 Å². The van der Waals surface area contributed by atoms with Gasteiger partial charge in [-0.3, -0.25) is 4.79 Å². The number of sulfonamides is 1. The number of benzene rings is 2. The molecule has 0 atom stereocenters. The molecule has 0 fully saturated rings. The fourth-order valence-electron chi connectivity index (χ4n) is 2.17. The zero-order valence-corrected chi connectivity index (χ0v) is 14.3. The topological polar surface area (TPSA) is 66.5 Å². The summed E-state index contributed by atoms with van der Waals surface area (Å²) in [4.78, 5) is 12.2. The number of nitrogens with zero attached hydrogens (tertiary/aromatic N) is 1. The van der Waals surface area contributed by atoms with Crippen LogP contribution >= 0.6 is 0 Å². The van der Waals surface area contributed by atoms with Crippen LogP contribution in [0.25, 0.3) is 0 Å². The quantitative estimate of drug-likeness (QED) is 0.871. The van der Waals surface area contributed by atoms with Gasteiger partial charge in [0.2, 0.25) is 15.9 Å². The van der Waals surface area contributed by atoms with Crippen LogP contribution in [0.5, 0.6) is 0 Å². The number of para-hydroxylation sites is 1. The van der Waals surface area contributed by atoms with Crippen LogP contribution in [-0.4, -0.2) is 31.4 Å². The van der Waals surface area contributed by atoms with Gasteiger partial charge in [-0.15, -0.1) is 0 Å². The maximum absolute atomic E-state index is 13.8. The van der Waals surface area contributed by atoms with E-state index in [-0.39, 0.29) is 18.7 Å². The summed E-state index contributed by atoms with van der Waals surface area (Å²) in [6.45, 7) is 1.25. The third-order valence-corrected chi connectivity index (χ3v) is 4.71. The third kappa shape index (κ3) is 4.87. The first kappa shape index (κ1) is 18.1. The van der Waals surface area contributed by atoms with Crippen LogP contribution in [0.2, 0.25) is 0 Å². The molecule has 24 heavy (non-hydrogen) atoms. The van der Waals surface area contributed by atoms with Crippen molar-refractivity contribution in [3.05, 3.63) is 65.5 Å². The van der Waals surface area contributed by atoms with Gasteiger partial charge in [0.1, 0.15) is 5.82 Å². The van der Waals surface area contributed by atoms with Gasteiger partial charge < -0.3 is 5.32 Å². The second-order valence-electron chi connectivity index (χ2n) is 5.49. The lowest BCUT2D eigenvalue weighted by Crippen LogP contribution is -2.37. The van der Waals surface area contributed by atoms with Crippen molar-refractivity contribution in [1.82, 2.24) is 4.31 Å². The van der Waals surface area contributed by atoms with Crippen LogP contribution in [0.4, 0.5) is 10.1 Å². The molecule has 0 aliphatic carbocycles. The molecule has 128 valence electrons. The molecule has 0 aliphatic rings. The van der Waals surface area contributed by atoms with Crippen molar-refractivity contribution in [3.63, 3.8) is 0 Å². The van der Waals surface area contributed by atoms with Crippen LogP contribution in [-0.2, 0) is 21.4 Å². The highest BCUT2D eigenvalue weighted by atomic mass is 32.2.